The predicted molar refractivity (Wildman–Crippen MR) is 54.4 cm³/mol. The number of ether oxygens (including phenoxy) is 1. The molecule has 1 amide bonds. The van der Waals surface area contributed by atoms with Gasteiger partial charge in [0.05, 0.1) is 25.3 Å². The molecule has 1 saturated heterocycles. The van der Waals surface area contributed by atoms with Crippen LogP contribution in [0.5, 0.6) is 0 Å². The first kappa shape index (κ1) is 12.3. The SMILES string of the molecule is CC(C)(C)OC(=O)N1CC(O)C[C@@H]1CO. The molecule has 5 nitrogen and oxygen atoms in total. The van der Waals surface area contributed by atoms with Gasteiger partial charge in [-0.05, 0) is 27.2 Å². The van der Waals surface area contributed by atoms with E-state index in [1.807, 2.05) is 0 Å². The summed E-state index contributed by atoms with van der Waals surface area (Å²) in [5.41, 5.74) is -0.551. The fraction of sp³-hybridized carbons (Fsp3) is 0.900. The second-order valence-electron chi connectivity index (χ2n) is 4.86. The Morgan fingerprint density at radius 3 is 2.60 bits per heavy atom. The Morgan fingerprint density at radius 1 is 1.53 bits per heavy atom. The number of likely N-dealkylation sites (tertiary alicyclic amines) is 1. The van der Waals surface area contributed by atoms with E-state index in [9.17, 15) is 9.90 Å². The molecular weight excluding hydrogens is 198 g/mol. The van der Waals surface area contributed by atoms with Gasteiger partial charge in [-0.2, -0.15) is 0 Å². The maximum Gasteiger partial charge on any atom is 0.410 e. The Labute approximate surface area is 89.6 Å². The summed E-state index contributed by atoms with van der Waals surface area (Å²) in [5.74, 6) is 0. The lowest BCUT2D eigenvalue weighted by Gasteiger charge is -2.27. The monoisotopic (exact) mass is 217 g/mol. The Hall–Kier alpha value is -0.810. The van der Waals surface area contributed by atoms with Crippen molar-refractivity contribution in [3.05, 3.63) is 0 Å². The summed E-state index contributed by atoms with van der Waals surface area (Å²) in [6.07, 6.45) is -0.622. The van der Waals surface area contributed by atoms with E-state index in [0.717, 1.165) is 0 Å². The van der Waals surface area contributed by atoms with Gasteiger partial charge in [0.1, 0.15) is 5.60 Å². The van der Waals surface area contributed by atoms with E-state index >= 15 is 0 Å². The second-order valence-corrected chi connectivity index (χ2v) is 4.86. The quantitative estimate of drug-likeness (QED) is 0.665. The Bertz CT molecular complexity index is 236. The highest BCUT2D eigenvalue weighted by molar-refractivity contribution is 5.69. The summed E-state index contributed by atoms with van der Waals surface area (Å²) < 4.78 is 5.17. The van der Waals surface area contributed by atoms with E-state index in [1.165, 1.54) is 4.90 Å². The minimum atomic E-state index is -0.560. The molecule has 2 atom stereocenters. The van der Waals surface area contributed by atoms with Crippen LogP contribution in [0.1, 0.15) is 27.2 Å². The van der Waals surface area contributed by atoms with Crippen molar-refractivity contribution >= 4 is 6.09 Å². The molecule has 0 spiro atoms. The van der Waals surface area contributed by atoms with Crippen LogP contribution in [-0.2, 0) is 4.74 Å². The standard InChI is InChI=1S/C10H19NO4/c1-10(2,3)15-9(14)11-5-8(13)4-7(11)6-12/h7-8,12-13H,4-6H2,1-3H3/t7-,8?/m1/s1. The number of aliphatic hydroxyl groups is 2. The van der Waals surface area contributed by atoms with E-state index in [2.05, 4.69) is 0 Å². The third-order valence-electron chi connectivity index (χ3n) is 2.23. The zero-order chi connectivity index (χ0) is 11.6. The van der Waals surface area contributed by atoms with Crippen molar-refractivity contribution in [3.63, 3.8) is 0 Å². The maximum absolute atomic E-state index is 11.7. The molecule has 0 aromatic rings. The van der Waals surface area contributed by atoms with Crippen molar-refractivity contribution in [3.8, 4) is 0 Å². The first-order valence-corrected chi connectivity index (χ1v) is 5.12. The van der Waals surface area contributed by atoms with Gasteiger partial charge in [0.2, 0.25) is 0 Å². The number of rotatable bonds is 1. The third-order valence-corrected chi connectivity index (χ3v) is 2.23. The predicted octanol–water partition coefficient (Wildman–Crippen LogP) is 0.349. The molecule has 1 unspecified atom stereocenters. The number of amides is 1. The van der Waals surface area contributed by atoms with Gasteiger partial charge in [-0.15, -0.1) is 0 Å². The van der Waals surface area contributed by atoms with Crippen LogP contribution in [0.4, 0.5) is 4.79 Å². The number of aliphatic hydroxyl groups excluding tert-OH is 2. The number of carbonyl (C=O) groups excluding carboxylic acids is 1. The molecular formula is C10H19NO4. The van der Waals surface area contributed by atoms with Crippen molar-refractivity contribution in [2.45, 2.75) is 44.9 Å². The third kappa shape index (κ3) is 3.35. The molecule has 1 aliphatic rings. The molecule has 0 aromatic heterocycles. The molecule has 1 rings (SSSR count). The zero-order valence-corrected chi connectivity index (χ0v) is 9.43. The first-order valence-electron chi connectivity index (χ1n) is 5.12. The molecule has 15 heavy (non-hydrogen) atoms. The summed E-state index contributed by atoms with van der Waals surface area (Å²) in [4.78, 5) is 13.0. The van der Waals surface area contributed by atoms with Crippen LogP contribution in [0.2, 0.25) is 0 Å². The van der Waals surface area contributed by atoms with Gasteiger partial charge in [-0.25, -0.2) is 4.79 Å². The summed E-state index contributed by atoms with van der Waals surface area (Å²) in [7, 11) is 0. The maximum atomic E-state index is 11.7. The van der Waals surface area contributed by atoms with E-state index in [0.29, 0.717) is 6.42 Å². The minimum absolute atomic E-state index is 0.143. The van der Waals surface area contributed by atoms with E-state index in [4.69, 9.17) is 9.84 Å². The highest BCUT2D eigenvalue weighted by Crippen LogP contribution is 2.20. The van der Waals surface area contributed by atoms with Gasteiger partial charge < -0.3 is 19.8 Å². The summed E-state index contributed by atoms with van der Waals surface area (Å²) in [5, 5.41) is 18.4. The van der Waals surface area contributed by atoms with Crippen molar-refractivity contribution in [2.75, 3.05) is 13.2 Å². The Balaban J connectivity index is 2.59. The smallest absolute Gasteiger partial charge is 0.410 e. The van der Waals surface area contributed by atoms with Gasteiger partial charge in [0.15, 0.2) is 0 Å². The Kier molecular flexibility index (Phi) is 3.57. The number of hydrogen-bond donors (Lipinski definition) is 2. The molecule has 0 bridgehead atoms. The van der Waals surface area contributed by atoms with Crippen LogP contribution in [0.3, 0.4) is 0 Å². The van der Waals surface area contributed by atoms with E-state index < -0.39 is 17.8 Å². The fourth-order valence-electron chi connectivity index (χ4n) is 1.61. The molecule has 0 aliphatic carbocycles. The van der Waals surface area contributed by atoms with Crippen molar-refractivity contribution in [1.29, 1.82) is 0 Å². The molecule has 0 aromatic carbocycles. The lowest BCUT2D eigenvalue weighted by Crippen LogP contribution is -2.41. The van der Waals surface area contributed by atoms with Crippen LogP contribution in [0.15, 0.2) is 0 Å². The molecule has 88 valence electrons. The molecule has 2 N–H and O–H groups in total. The molecule has 1 aliphatic heterocycles. The first-order chi connectivity index (χ1) is 6.83. The lowest BCUT2D eigenvalue weighted by molar-refractivity contribution is 0.0162. The number of nitrogens with zero attached hydrogens (tertiary/aromatic N) is 1. The van der Waals surface area contributed by atoms with Crippen molar-refractivity contribution in [2.24, 2.45) is 0 Å². The normalized spacial score (nSPS) is 26.9. The molecule has 0 radical (unpaired) electrons. The topological polar surface area (TPSA) is 70.0 Å². The highest BCUT2D eigenvalue weighted by Gasteiger charge is 2.36. The van der Waals surface area contributed by atoms with Crippen LogP contribution in [0, 0.1) is 0 Å². The summed E-state index contributed by atoms with van der Waals surface area (Å²) >= 11 is 0. The van der Waals surface area contributed by atoms with E-state index in [-0.39, 0.29) is 19.2 Å². The molecule has 5 heteroatoms. The van der Waals surface area contributed by atoms with Crippen LogP contribution < -0.4 is 0 Å². The largest absolute Gasteiger partial charge is 0.444 e. The molecule has 1 fully saturated rings. The van der Waals surface area contributed by atoms with E-state index in [1.54, 1.807) is 20.8 Å². The lowest BCUT2D eigenvalue weighted by atomic mass is 10.2. The Morgan fingerprint density at radius 2 is 2.13 bits per heavy atom. The average Bonchev–Trinajstić information content (AvgIpc) is 2.43. The number of β-amino-alcohol motifs (C(OH)–C–C–N with tert-alkyl or cyclic N) is 1. The minimum Gasteiger partial charge on any atom is -0.444 e. The van der Waals surface area contributed by atoms with Crippen LogP contribution in [0.25, 0.3) is 0 Å². The summed E-state index contributed by atoms with van der Waals surface area (Å²) in [6.45, 7) is 5.44. The molecule has 0 saturated carbocycles. The number of hydrogen-bond acceptors (Lipinski definition) is 4. The van der Waals surface area contributed by atoms with Gasteiger partial charge >= 0.3 is 6.09 Å². The zero-order valence-electron chi connectivity index (χ0n) is 9.43. The highest BCUT2D eigenvalue weighted by atomic mass is 16.6. The van der Waals surface area contributed by atoms with Crippen molar-refractivity contribution < 1.29 is 19.7 Å². The van der Waals surface area contributed by atoms with Crippen molar-refractivity contribution in [1.82, 2.24) is 4.90 Å². The summed E-state index contributed by atoms with van der Waals surface area (Å²) in [6, 6.07) is -0.324. The average molecular weight is 217 g/mol. The van der Waals surface area contributed by atoms with Crippen LogP contribution >= 0.6 is 0 Å². The van der Waals surface area contributed by atoms with Crippen LogP contribution in [-0.4, -0.2) is 52.1 Å². The number of carbonyl (C=O) groups is 1. The van der Waals surface area contributed by atoms with Gasteiger partial charge in [0, 0.05) is 0 Å². The molecule has 1 heterocycles. The second kappa shape index (κ2) is 4.37. The fourth-order valence-corrected chi connectivity index (χ4v) is 1.61. The van der Waals surface area contributed by atoms with Gasteiger partial charge in [0.25, 0.3) is 0 Å². The van der Waals surface area contributed by atoms with Gasteiger partial charge in [-0.1, -0.05) is 0 Å². The van der Waals surface area contributed by atoms with Gasteiger partial charge in [-0.3, -0.25) is 0 Å².